The summed E-state index contributed by atoms with van der Waals surface area (Å²) in [5.41, 5.74) is 1.54. The highest BCUT2D eigenvalue weighted by Crippen LogP contribution is 2.20. The van der Waals surface area contributed by atoms with Crippen LogP contribution in [0.1, 0.15) is 16.8 Å². The van der Waals surface area contributed by atoms with Crippen molar-refractivity contribution in [2.75, 3.05) is 25.1 Å². The van der Waals surface area contributed by atoms with Crippen LogP contribution in [0.2, 0.25) is 0 Å². The second-order valence-electron chi connectivity index (χ2n) is 6.10. The molecule has 1 aromatic heterocycles. The molecule has 2 aromatic rings. The van der Waals surface area contributed by atoms with Gasteiger partial charge in [0.05, 0.1) is 11.5 Å². The Morgan fingerprint density at radius 3 is 2.65 bits per heavy atom. The van der Waals surface area contributed by atoms with Crippen molar-refractivity contribution in [1.82, 2.24) is 9.47 Å². The standard InChI is InChI=1S/C17H20N2O3S/c1-18(12-14-7-10-23(21,22)13-14)17(20)15-5-4-6-16(11-15)19-8-2-3-9-19/h2-6,8-9,11,14H,7,10,12-13H2,1H3. The molecule has 0 bridgehead atoms. The molecule has 1 aliphatic rings. The molecule has 1 unspecified atom stereocenters. The zero-order chi connectivity index (χ0) is 16.4. The van der Waals surface area contributed by atoms with Gasteiger partial charge in [-0.3, -0.25) is 4.79 Å². The predicted molar refractivity (Wildman–Crippen MR) is 89.5 cm³/mol. The molecule has 0 spiro atoms. The highest BCUT2D eigenvalue weighted by atomic mass is 32.2. The van der Waals surface area contributed by atoms with Crippen molar-refractivity contribution in [2.45, 2.75) is 6.42 Å². The Hall–Kier alpha value is -2.08. The van der Waals surface area contributed by atoms with E-state index in [-0.39, 0.29) is 23.3 Å². The number of aromatic nitrogens is 1. The topological polar surface area (TPSA) is 59.4 Å². The third-order valence-electron chi connectivity index (χ3n) is 4.20. The van der Waals surface area contributed by atoms with E-state index in [0.717, 1.165) is 5.69 Å². The lowest BCUT2D eigenvalue weighted by atomic mass is 10.1. The fraction of sp³-hybridized carbons (Fsp3) is 0.353. The highest BCUT2D eigenvalue weighted by Gasteiger charge is 2.29. The summed E-state index contributed by atoms with van der Waals surface area (Å²) in [6.45, 7) is 0.478. The van der Waals surface area contributed by atoms with Crippen LogP contribution in [0.25, 0.3) is 5.69 Å². The maximum absolute atomic E-state index is 12.6. The van der Waals surface area contributed by atoms with Crippen LogP contribution in [0, 0.1) is 5.92 Å². The van der Waals surface area contributed by atoms with E-state index in [1.807, 2.05) is 47.3 Å². The summed E-state index contributed by atoms with van der Waals surface area (Å²) in [6.07, 6.45) is 4.50. The summed E-state index contributed by atoms with van der Waals surface area (Å²) < 4.78 is 25.0. The van der Waals surface area contributed by atoms with Crippen LogP contribution in [0.4, 0.5) is 0 Å². The minimum atomic E-state index is -2.91. The van der Waals surface area contributed by atoms with E-state index in [4.69, 9.17) is 0 Å². The van der Waals surface area contributed by atoms with E-state index in [1.54, 1.807) is 18.0 Å². The monoisotopic (exact) mass is 332 g/mol. The molecule has 122 valence electrons. The van der Waals surface area contributed by atoms with Crippen molar-refractivity contribution in [1.29, 1.82) is 0 Å². The van der Waals surface area contributed by atoms with Gasteiger partial charge in [0.15, 0.2) is 9.84 Å². The first kappa shape index (κ1) is 15.8. The van der Waals surface area contributed by atoms with Crippen LogP contribution in [0.5, 0.6) is 0 Å². The Kier molecular flexibility index (Phi) is 4.26. The molecule has 3 rings (SSSR count). The summed E-state index contributed by atoms with van der Waals surface area (Å²) in [5, 5.41) is 0. The van der Waals surface area contributed by atoms with E-state index in [9.17, 15) is 13.2 Å². The van der Waals surface area contributed by atoms with Crippen LogP contribution in [0.15, 0.2) is 48.8 Å². The third-order valence-corrected chi connectivity index (χ3v) is 6.04. The quantitative estimate of drug-likeness (QED) is 0.860. The van der Waals surface area contributed by atoms with Gasteiger partial charge in [-0.1, -0.05) is 6.07 Å². The van der Waals surface area contributed by atoms with Gasteiger partial charge in [-0.2, -0.15) is 0 Å². The average molecular weight is 332 g/mol. The molecular weight excluding hydrogens is 312 g/mol. The normalized spacial score (nSPS) is 19.6. The Bertz CT molecular complexity index is 797. The van der Waals surface area contributed by atoms with Crippen LogP contribution in [-0.4, -0.2) is 48.9 Å². The second-order valence-corrected chi connectivity index (χ2v) is 8.32. The van der Waals surface area contributed by atoms with Crippen molar-refractivity contribution >= 4 is 15.7 Å². The van der Waals surface area contributed by atoms with E-state index in [0.29, 0.717) is 18.5 Å². The summed E-state index contributed by atoms with van der Waals surface area (Å²) in [7, 11) is -1.18. The molecule has 0 radical (unpaired) electrons. The number of benzene rings is 1. The summed E-state index contributed by atoms with van der Waals surface area (Å²) >= 11 is 0. The second kappa shape index (κ2) is 6.20. The Labute approximate surface area is 136 Å². The van der Waals surface area contributed by atoms with Crippen molar-refractivity contribution in [3.05, 3.63) is 54.4 Å². The van der Waals surface area contributed by atoms with Gasteiger partial charge in [0.1, 0.15) is 0 Å². The van der Waals surface area contributed by atoms with Crippen LogP contribution >= 0.6 is 0 Å². The highest BCUT2D eigenvalue weighted by molar-refractivity contribution is 7.91. The van der Waals surface area contributed by atoms with Crippen molar-refractivity contribution in [3.8, 4) is 5.69 Å². The van der Waals surface area contributed by atoms with Gasteiger partial charge in [-0.25, -0.2) is 8.42 Å². The summed E-state index contributed by atoms with van der Waals surface area (Å²) in [4.78, 5) is 14.2. The molecule has 1 atom stereocenters. The predicted octanol–water partition coefficient (Wildman–Crippen LogP) is 1.98. The van der Waals surface area contributed by atoms with Crippen LogP contribution < -0.4 is 0 Å². The molecule has 2 heterocycles. The molecule has 0 aliphatic carbocycles. The van der Waals surface area contributed by atoms with Gasteiger partial charge in [0, 0.05) is 37.2 Å². The maximum Gasteiger partial charge on any atom is 0.253 e. The molecule has 23 heavy (non-hydrogen) atoms. The first-order valence-electron chi connectivity index (χ1n) is 7.64. The zero-order valence-corrected chi connectivity index (χ0v) is 13.9. The first-order valence-corrected chi connectivity index (χ1v) is 9.46. The van der Waals surface area contributed by atoms with Crippen molar-refractivity contribution in [3.63, 3.8) is 0 Å². The fourth-order valence-electron chi connectivity index (χ4n) is 3.01. The number of rotatable bonds is 4. The molecule has 1 saturated heterocycles. The minimum absolute atomic E-state index is 0.0431. The van der Waals surface area contributed by atoms with Gasteiger partial charge in [0.2, 0.25) is 0 Å². The van der Waals surface area contributed by atoms with E-state index >= 15 is 0 Å². The molecule has 1 fully saturated rings. The Morgan fingerprint density at radius 2 is 2.00 bits per heavy atom. The Morgan fingerprint density at radius 1 is 1.26 bits per heavy atom. The molecule has 1 aromatic carbocycles. The number of carbonyl (C=O) groups is 1. The maximum atomic E-state index is 12.6. The minimum Gasteiger partial charge on any atom is -0.341 e. The lowest BCUT2D eigenvalue weighted by molar-refractivity contribution is 0.0777. The summed E-state index contributed by atoms with van der Waals surface area (Å²) in [5.74, 6) is 0.390. The van der Waals surface area contributed by atoms with Gasteiger partial charge in [0.25, 0.3) is 5.91 Å². The number of hydrogen-bond acceptors (Lipinski definition) is 3. The lowest BCUT2D eigenvalue weighted by Gasteiger charge is -2.21. The molecule has 1 aliphatic heterocycles. The van der Waals surface area contributed by atoms with Crippen LogP contribution in [0.3, 0.4) is 0 Å². The fourth-order valence-corrected chi connectivity index (χ4v) is 4.86. The van der Waals surface area contributed by atoms with Crippen molar-refractivity contribution in [2.24, 2.45) is 5.92 Å². The van der Waals surface area contributed by atoms with Gasteiger partial charge < -0.3 is 9.47 Å². The number of nitrogens with zero attached hydrogens (tertiary/aromatic N) is 2. The molecule has 0 saturated carbocycles. The largest absolute Gasteiger partial charge is 0.341 e. The number of hydrogen-bond donors (Lipinski definition) is 0. The molecule has 6 heteroatoms. The third kappa shape index (κ3) is 3.64. The molecular formula is C17H20N2O3S. The number of sulfone groups is 1. The van der Waals surface area contributed by atoms with E-state index in [1.165, 1.54) is 0 Å². The van der Waals surface area contributed by atoms with Gasteiger partial charge in [-0.05, 0) is 42.7 Å². The molecule has 0 N–H and O–H groups in total. The smallest absolute Gasteiger partial charge is 0.253 e. The van der Waals surface area contributed by atoms with E-state index in [2.05, 4.69) is 0 Å². The van der Waals surface area contributed by atoms with E-state index < -0.39 is 9.84 Å². The van der Waals surface area contributed by atoms with Gasteiger partial charge in [-0.15, -0.1) is 0 Å². The van der Waals surface area contributed by atoms with Gasteiger partial charge >= 0.3 is 0 Å². The first-order chi connectivity index (χ1) is 10.9. The van der Waals surface area contributed by atoms with Crippen molar-refractivity contribution < 1.29 is 13.2 Å². The van der Waals surface area contributed by atoms with Crippen LogP contribution in [-0.2, 0) is 9.84 Å². The zero-order valence-electron chi connectivity index (χ0n) is 13.1. The molecule has 5 nitrogen and oxygen atoms in total. The summed E-state index contributed by atoms with van der Waals surface area (Å²) in [6, 6.07) is 11.3. The number of amides is 1. The number of carbonyl (C=O) groups excluding carboxylic acids is 1. The SMILES string of the molecule is CN(CC1CCS(=O)(=O)C1)C(=O)c1cccc(-n2cccc2)c1. The molecule has 1 amide bonds. The lowest BCUT2D eigenvalue weighted by Crippen LogP contribution is -2.32. The average Bonchev–Trinajstić information content (AvgIpc) is 3.16. The Balaban J connectivity index is 1.71.